The lowest BCUT2D eigenvalue weighted by Crippen LogP contribution is -2.36. The lowest BCUT2D eigenvalue weighted by Gasteiger charge is -2.21. The van der Waals surface area contributed by atoms with Crippen LogP contribution >= 0.6 is 15.9 Å². The van der Waals surface area contributed by atoms with E-state index in [1.807, 2.05) is 55.4 Å². The number of hydrogen-bond donors (Lipinski definition) is 1. The Morgan fingerprint density at radius 2 is 1.71 bits per heavy atom. The van der Waals surface area contributed by atoms with Crippen molar-refractivity contribution in [2.24, 2.45) is 0 Å². The lowest BCUT2D eigenvalue weighted by molar-refractivity contribution is -0.120. The first kappa shape index (κ1) is 18.0. The van der Waals surface area contributed by atoms with Gasteiger partial charge < -0.3 is 15.1 Å². The Balaban J connectivity index is 2.07. The maximum Gasteiger partial charge on any atom is 0.244 e. The molecule has 126 valence electrons. The highest BCUT2D eigenvalue weighted by molar-refractivity contribution is 9.10. The van der Waals surface area contributed by atoms with Crippen molar-refractivity contribution in [3.8, 4) is 0 Å². The van der Waals surface area contributed by atoms with Crippen LogP contribution in [0.25, 0.3) is 0 Å². The number of nitrogens with one attached hydrogen (secondary N) is 1. The Bertz CT molecular complexity index is 729. The van der Waals surface area contributed by atoms with E-state index in [2.05, 4.69) is 21.2 Å². The summed E-state index contributed by atoms with van der Waals surface area (Å²) in [5, 5.41) is 2.81. The summed E-state index contributed by atoms with van der Waals surface area (Å²) >= 11 is 3.38. The topological polar surface area (TPSA) is 52.7 Å². The maximum atomic E-state index is 12.3. The fourth-order valence-corrected chi connectivity index (χ4v) is 2.60. The van der Waals surface area contributed by atoms with Gasteiger partial charge in [-0.3, -0.25) is 9.59 Å². The predicted octanol–water partition coefficient (Wildman–Crippen LogP) is 3.51. The van der Waals surface area contributed by atoms with Crippen LogP contribution in [-0.2, 0) is 9.59 Å². The second-order valence-corrected chi connectivity index (χ2v) is 6.49. The standard InChI is InChI=1S/C18H20BrN3O2/c1-13(23)22(17-6-4-5-14(19)11-17)12-18(24)20-15-7-9-16(10-8-15)21(2)3/h4-11H,12H2,1-3H3,(H,20,24). The van der Waals surface area contributed by atoms with Crippen molar-refractivity contribution in [2.75, 3.05) is 35.8 Å². The van der Waals surface area contributed by atoms with Crippen molar-refractivity contribution in [1.29, 1.82) is 0 Å². The monoisotopic (exact) mass is 389 g/mol. The van der Waals surface area contributed by atoms with Crippen molar-refractivity contribution >= 4 is 44.8 Å². The third-order valence-corrected chi connectivity index (χ3v) is 3.96. The largest absolute Gasteiger partial charge is 0.378 e. The van der Waals surface area contributed by atoms with Crippen molar-refractivity contribution in [1.82, 2.24) is 0 Å². The molecule has 0 saturated carbocycles. The van der Waals surface area contributed by atoms with E-state index in [-0.39, 0.29) is 18.4 Å². The molecule has 0 heterocycles. The van der Waals surface area contributed by atoms with Gasteiger partial charge in [0.1, 0.15) is 6.54 Å². The molecule has 5 nitrogen and oxygen atoms in total. The molecule has 0 unspecified atom stereocenters. The van der Waals surface area contributed by atoms with Crippen LogP contribution < -0.4 is 15.1 Å². The number of benzene rings is 2. The highest BCUT2D eigenvalue weighted by atomic mass is 79.9. The highest BCUT2D eigenvalue weighted by Crippen LogP contribution is 2.20. The molecule has 2 aromatic rings. The number of carbonyl (C=O) groups excluding carboxylic acids is 2. The number of carbonyl (C=O) groups is 2. The zero-order chi connectivity index (χ0) is 17.7. The molecule has 1 N–H and O–H groups in total. The molecule has 0 radical (unpaired) electrons. The Kier molecular flexibility index (Phi) is 5.98. The highest BCUT2D eigenvalue weighted by Gasteiger charge is 2.16. The van der Waals surface area contributed by atoms with E-state index in [0.29, 0.717) is 11.4 Å². The van der Waals surface area contributed by atoms with Crippen LogP contribution in [0.5, 0.6) is 0 Å². The first-order chi connectivity index (χ1) is 11.4. The van der Waals surface area contributed by atoms with E-state index in [1.165, 1.54) is 11.8 Å². The Labute approximate surface area is 150 Å². The third kappa shape index (κ3) is 4.83. The minimum absolute atomic E-state index is 0.0405. The van der Waals surface area contributed by atoms with Crippen molar-refractivity contribution in [3.05, 3.63) is 53.0 Å². The molecular weight excluding hydrogens is 370 g/mol. The summed E-state index contributed by atoms with van der Waals surface area (Å²) in [6.07, 6.45) is 0. The minimum atomic E-state index is -0.247. The van der Waals surface area contributed by atoms with Crippen LogP contribution in [0.15, 0.2) is 53.0 Å². The first-order valence-electron chi connectivity index (χ1n) is 7.47. The molecule has 0 aliphatic heterocycles. The molecule has 0 spiro atoms. The summed E-state index contributed by atoms with van der Waals surface area (Å²) in [6.45, 7) is 1.40. The lowest BCUT2D eigenvalue weighted by atomic mass is 10.2. The normalized spacial score (nSPS) is 10.2. The number of nitrogens with zero attached hydrogens (tertiary/aromatic N) is 2. The van der Waals surface area contributed by atoms with Gasteiger partial charge in [0, 0.05) is 42.6 Å². The van der Waals surface area contributed by atoms with E-state index in [0.717, 1.165) is 10.2 Å². The Hall–Kier alpha value is -2.34. The maximum absolute atomic E-state index is 12.3. The minimum Gasteiger partial charge on any atom is -0.378 e. The van der Waals surface area contributed by atoms with Gasteiger partial charge in [-0.2, -0.15) is 0 Å². The van der Waals surface area contributed by atoms with Crippen molar-refractivity contribution < 1.29 is 9.59 Å². The summed E-state index contributed by atoms with van der Waals surface area (Å²) < 4.78 is 0.853. The summed E-state index contributed by atoms with van der Waals surface area (Å²) in [5.74, 6) is -0.436. The van der Waals surface area contributed by atoms with Crippen LogP contribution in [0.1, 0.15) is 6.92 Å². The van der Waals surface area contributed by atoms with Crippen molar-refractivity contribution in [3.63, 3.8) is 0 Å². The molecule has 0 aromatic heterocycles. The van der Waals surface area contributed by atoms with Gasteiger partial charge in [0.15, 0.2) is 0 Å². The van der Waals surface area contributed by atoms with Crippen LogP contribution in [-0.4, -0.2) is 32.5 Å². The Morgan fingerprint density at radius 1 is 1.04 bits per heavy atom. The van der Waals surface area contributed by atoms with Gasteiger partial charge in [0.2, 0.25) is 11.8 Å². The van der Waals surface area contributed by atoms with Gasteiger partial charge in [-0.25, -0.2) is 0 Å². The van der Waals surface area contributed by atoms with E-state index in [9.17, 15) is 9.59 Å². The zero-order valence-electron chi connectivity index (χ0n) is 13.9. The van der Waals surface area contributed by atoms with E-state index < -0.39 is 0 Å². The summed E-state index contributed by atoms with van der Waals surface area (Å²) in [6, 6.07) is 14.8. The summed E-state index contributed by atoms with van der Waals surface area (Å²) in [4.78, 5) is 27.6. The molecule has 0 fully saturated rings. The molecule has 0 atom stereocenters. The average Bonchev–Trinajstić information content (AvgIpc) is 2.52. The molecule has 2 aromatic carbocycles. The number of amides is 2. The van der Waals surface area contributed by atoms with E-state index >= 15 is 0 Å². The second-order valence-electron chi connectivity index (χ2n) is 5.57. The number of anilines is 3. The van der Waals surface area contributed by atoms with Crippen molar-refractivity contribution in [2.45, 2.75) is 6.92 Å². The van der Waals surface area contributed by atoms with Gasteiger partial charge in [0.05, 0.1) is 0 Å². The SMILES string of the molecule is CC(=O)N(CC(=O)Nc1ccc(N(C)C)cc1)c1cccc(Br)c1. The second kappa shape index (κ2) is 7.97. The van der Waals surface area contributed by atoms with E-state index in [1.54, 1.807) is 12.1 Å². The molecule has 0 saturated heterocycles. The van der Waals surface area contributed by atoms with Crippen LogP contribution in [0.2, 0.25) is 0 Å². The predicted molar refractivity (Wildman–Crippen MR) is 102 cm³/mol. The zero-order valence-corrected chi connectivity index (χ0v) is 15.5. The van der Waals surface area contributed by atoms with E-state index in [4.69, 9.17) is 0 Å². The smallest absolute Gasteiger partial charge is 0.244 e. The number of rotatable bonds is 5. The third-order valence-electron chi connectivity index (χ3n) is 3.47. The molecular formula is C18H20BrN3O2. The van der Waals surface area contributed by atoms with Crippen LogP contribution in [0, 0.1) is 0 Å². The number of hydrogen-bond acceptors (Lipinski definition) is 3. The molecule has 0 bridgehead atoms. The fourth-order valence-electron chi connectivity index (χ4n) is 2.22. The van der Waals surface area contributed by atoms with Gasteiger partial charge in [-0.1, -0.05) is 22.0 Å². The molecule has 0 aliphatic carbocycles. The molecule has 6 heteroatoms. The van der Waals surface area contributed by atoms with Crippen LogP contribution in [0.3, 0.4) is 0 Å². The first-order valence-corrected chi connectivity index (χ1v) is 8.27. The van der Waals surface area contributed by atoms with Gasteiger partial charge in [-0.05, 0) is 42.5 Å². The van der Waals surface area contributed by atoms with Crippen LogP contribution in [0.4, 0.5) is 17.1 Å². The molecule has 24 heavy (non-hydrogen) atoms. The average molecular weight is 390 g/mol. The molecule has 2 amide bonds. The number of halogens is 1. The van der Waals surface area contributed by atoms with Gasteiger partial charge in [0.25, 0.3) is 0 Å². The fraction of sp³-hybridized carbons (Fsp3) is 0.222. The quantitative estimate of drug-likeness (QED) is 0.850. The summed E-state index contributed by atoms with van der Waals surface area (Å²) in [5.41, 5.74) is 2.42. The van der Waals surface area contributed by atoms with Gasteiger partial charge >= 0.3 is 0 Å². The Morgan fingerprint density at radius 3 is 2.25 bits per heavy atom. The van der Waals surface area contributed by atoms with Gasteiger partial charge in [-0.15, -0.1) is 0 Å². The molecule has 0 aliphatic rings. The molecule has 2 rings (SSSR count). The summed E-state index contributed by atoms with van der Waals surface area (Å²) in [7, 11) is 3.91.